The summed E-state index contributed by atoms with van der Waals surface area (Å²) in [4.78, 5) is 0. The van der Waals surface area contributed by atoms with Gasteiger partial charge in [0.1, 0.15) is 0 Å². The van der Waals surface area contributed by atoms with E-state index in [4.69, 9.17) is 20.4 Å². The molecule has 5 heteroatoms. The second kappa shape index (κ2) is 6.51. The molecule has 0 unspecified atom stereocenters. The van der Waals surface area contributed by atoms with Crippen LogP contribution in [0.3, 0.4) is 0 Å². The summed E-state index contributed by atoms with van der Waals surface area (Å²) in [7, 11) is 0. The highest BCUT2D eigenvalue weighted by molar-refractivity contribution is 4.71. The Morgan fingerprint density at radius 2 is 1.00 bits per heavy atom. The molecule has 11 heavy (non-hydrogen) atoms. The van der Waals surface area contributed by atoms with Crippen molar-refractivity contribution in [1.29, 1.82) is 0 Å². The SMILES string of the molecule is OCC(CO)NC(CO)CO. The molecule has 0 saturated heterocycles. The summed E-state index contributed by atoms with van der Waals surface area (Å²) in [6.07, 6.45) is 0. The van der Waals surface area contributed by atoms with Crippen LogP contribution in [0.25, 0.3) is 0 Å². The van der Waals surface area contributed by atoms with Gasteiger partial charge in [-0.25, -0.2) is 0 Å². The van der Waals surface area contributed by atoms with Crippen LogP contribution in [0.2, 0.25) is 0 Å². The molecule has 0 aliphatic rings. The highest BCUT2D eigenvalue weighted by atomic mass is 16.3. The maximum atomic E-state index is 8.58. The summed E-state index contributed by atoms with van der Waals surface area (Å²) in [5.74, 6) is 0. The molecule has 0 saturated carbocycles. The third kappa shape index (κ3) is 4.28. The van der Waals surface area contributed by atoms with Gasteiger partial charge in [0, 0.05) is 0 Å². The Morgan fingerprint density at radius 3 is 1.18 bits per heavy atom. The van der Waals surface area contributed by atoms with E-state index in [0.29, 0.717) is 0 Å². The van der Waals surface area contributed by atoms with Gasteiger partial charge in [0.05, 0.1) is 38.5 Å². The lowest BCUT2D eigenvalue weighted by molar-refractivity contribution is 0.119. The Hall–Kier alpha value is -0.200. The lowest BCUT2D eigenvalue weighted by Gasteiger charge is -2.19. The minimum atomic E-state index is -0.473. The Morgan fingerprint density at radius 1 is 0.727 bits per heavy atom. The van der Waals surface area contributed by atoms with E-state index in [1.165, 1.54) is 0 Å². The van der Waals surface area contributed by atoms with Gasteiger partial charge in [-0.15, -0.1) is 0 Å². The molecule has 68 valence electrons. The van der Waals surface area contributed by atoms with Crippen LogP contribution in [0.5, 0.6) is 0 Å². The first-order valence-corrected chi connectivity index (χ1v) is 3.48. The van der Waals surface area contributed by atoms with Gasteiger partial charge in [-0.2, -0.15) is 0 Å². The molecular formula is C6H15NO4. The Bertz CT molecular complexity index is 72.7. The van der Waals surface area contributed by atoms with Gasteiger partial charge in [-0.3, -0.25) is 0 Å². The molecule has 0 aliphatic carbocycles. The van der Waals surface area contributed by atoms with E-state index in [-0.39, 0.29) is 26.4 Å². The molecule has 0 spiro atoms. The van der Waals surface area contributed by atoms with E-state index >= 15 is 0 Å². The smallest absolute Gasteiger partial charge is 0.0607 e. The van der Waals surface area contributed by atoms with Crippen molar-refractivity contribution >= 4 is 0 Å². The summed E-state index contributed by atoms with van der Waals surface area (Å²) < 4.78 is 0. The molecule has 0 aromatic heterocycles. The Balaban J connectivity index is 3.58. The first-order chi connectivity index (χ1) is 5.28. The molecule has 0 amide bonds. The molecule has 0 bridgehead atoms. The predicted octanol–water partition coefficient (Wildman–Crippen LogP) is -2.72. The third-order valence-corrected chi connectivity index (χ3v) is 1.35. The molecule has 5 nitrogen and oxygen atoms in total. The summed E-state index contributed by atoms with van der Waals surface area (Å²) in [6, 6.07) is -0.946. The van der Waals surface area contributed by atoms with E-state index in [2.05, 4.69) is 5.32 Å². The van der Waals surface area contributed by atoms with Crippen LogP contribution in [-0.4, -0.2) is 58.9 Å². The van der Waals surface area contributed by atoms with Crippen molar-refractivity contribution in [3.63, 3.8) is 0 Å². The van der Waals surface area contributed by atoms with E-state index in [0.717, 1.165) is 0 Å². The van der Waals surface area contributed by atoms with E-state index in [1.54, 1.807) is 0 Å². The van der Waals surface area contributed by atoms with Crippen molar-refractivity contribution in [1.82, 2.24) is 5.32 Å². The number of nitrogens with one attached hydrogen (secondary N) is 1. The van der Waals surface area contributed by atoms with Crippen LogP contribution in [-0.2, 0) is 0 Å². The number of aliphatic hydroxyl groups excluding tert-OH is 4. The first-order valence-electron chi connectivity index (χ1n) is 3.48. The summed E-state index contributed by atoms with van der Waals surface area (Å²) in [5, 5.41) is 37.0. The van der Waals surface area contributed by atoms with Crippen LogP contribution < -0.4 is 5.32 Å². The number of aliphatic hydroxyl groups is 4. The quantitative estimate of drug-likeness (QED) is 0.295. The van der Waals surface area contributed by atoms with Crippen LogP contribution in [0.15, 0.2) is 0 Å². The number of hydrogen-bond donors (Lipinski definition) is 5. The summed E-state index contributed by atoms with van der Waals surface area (Å²) in [6.45, 7) is -0.861. The normalized spacial score (nSPS) is 11.5. The largest absolute Gasteiger partial charge is 0.395 e. The average Bonchev–Trinajstić information content (AvgIpc) is 2.07. The lowest BCUT2D eigenvalue weighted by atomic mass is 10.2. The maximum absolute atomic E-state index is 8.58. The lowest BCUT2D eigenvalue weighted by Crippen LogP contribution is -2.46. The van der Waals surface area contributed by atoms with Gasteiger partial charge >= 0.3 is 0 Å². The molecule has 0 aromatic carbocycles. The molecule has 0 aliphatic heterocycles. The molecule has 0 heterocycles. The molecule has 0 fully saturated rings. The van der Waals surface area contributed by atoms with Crippen LogP contribution in [0, 0.1) is 0 Å². The van der Waals surface area contributed by atoms with Crippen LogP contribution >= 0.6 is 0 Å². The number of rotatable bonds is 6. The fraction of sp³-hybridized carbons (Fsp3) is 1.00. The van der Waals surface area contributed by atoms with Gasteiger partial charge in [0.15, 0.2) is 0 Å². The minimum absolute atomic E-state index is 0.215. The van der Waals surface area contributed by atoms with Crippen molar-refractivity contribution in [2.24, 2.45) is 0 Å². The molecule has 0 atom stereocenters. The highest BCUT2D eigenvalue weighted by Crippen LogP contribution is 1.85. The number of hydrogen-bond acceptors (Lipinski definition) is 5. The fourth-order valence-corrected chi connectivity index (χ4v) is 0.660. The first kappa shape index (κ1) is 10.8. The van der Waals surface area contributed by atoms with Crippen molar-refractivity contribution in [2.75, 3.05) is 26.4 Å². The zero-order valence-corrected chi connectivity index (χ0v) is 6.27. The predicted molar refractivity (Wildman–Crippen MR) is 39.1 cm³/mol. The highest BCUT2D eigenvalue weighted by Gasteiger charge is 2.11. The molecular weight excluding hydrogens is 150 g/mol. The standard InChI is InChI=1S/C6H15NO4/c8-1-5(2-9)7-6(3-10)4-11/h5-11H,1-4H2. The van der Waals surface area contributed by atoms with Crippen LogP contribution in [0.4, 0.5) is 0 Å². The Kier molecular flexibility index (Phi) is 6.39. The maximum Gasteiger partial charge on any atom is 0.0607 e. The average molecular weight is 165 g/mol. The van der Waals surface area contributed by atoms with Crippen molar-refractivity contribution < 1.29 is 20.4 Å². The second-order valence-corrected chi connectivity index (χ2v) is 2.29. The van der Waals surface area contributed by atoms with Crippen molar-refractivity contribution in [3.05, 3.63) is 0 Å². The zero-order valence-electron chi connectivity index (χ0n) is 6.27. The molecule has 5 N–H and O–H groups in total. The van der Waals surface area contributed by atoms with Gasteiger partial charge in [0.25, 0.3) is 0 Å². The summed E-state index contributed by atoms with van der Waals surface area (Å²) >= 11 is 0. The zero-order chi connectivity index (χ0) is 8.69. The Labute approximate surface area is 65.3 Å². The second-order valence-electron chi connectivity index (χ2n) is 2.29. The summed E-state index contributed by atoms with van der Waals surface area (Å²) in [5.41, 5.74) is 0. The van der Waals surface area contributed by atoms with Gasteiger partial charge < -0.3 is 25.7 Å². The molecule has 0 rings (SSSR count). The molecule has 0 radical (unpaired) electrons. The van der Waals surface area contributed by atoms with Gasteiger partial charge in [-0.05, 0) is 0 Å². The fourth-order valence-electron chi connectivity index (χ4n) is 0.660. The molecule has 0 aromatic rings. The van der Waals surface area contributed by atoms with Gasteiger partial charge in [-0.1, -0.05) is 0 Å². The van der Waals surface area contributed by atoms with E-state index in [9.17, 15) is 0 Å². The van der Waals surface area contributed by atoms with E-state index < -0.39 is 12.1 Å². The van der Waals surface area contributed by atoms with Crippen molar-refractivity contribution in [2.45, 2.75) is 12.1 Å². The third-order valence-electron chi connectivity index (χ3n) is 1.35. The van der Waals surface area contributed by atoms with Crippen molar-refractivity contribution in [3.8, 4) is 0 Å². The minimum Gasteiger partial charge on any atom is -0.395 e. The monoisotopic (exact) mass is 165 g/mol. The van der Waals surface area contributed by atoms with Gasteiger partial charge in [0.2, 0.25) is 0 Å². The van der Waals surface area contributed by atoms with Crippen LogP contribution in [0.1, 0.15) is 0 Å². The van der Waals surface area contributed by atoms with E-state index in [1.807, 2.05) is 0 Å². The topological polar surface area (TPSA) is 93.0 Å².